The maximum Gasteiger partial charge on any atom is 0.304 e. The number of carbonyl (C=O) groups is 1. The standard InChI is InChI=1S/C11H14N2O4/c1-7-2-3-9(13(16)17)5-10(7)8(6-12)4-11(14)15/h2-3,5,8H,4,6,12H2,1H3,(H,14,15). The summed E-state index contributed by atoms with van der Waals surface area (Å²) in [5.74, 6) is -1.36. The fourth-order valence-electron chi connectivity index (χ4n) is 1.71. The second-order valence-corrected chi connectivity index (χ2v) is 3.83. The van der Waals surface area contributed by atoms with E-state index in [9.17, 15) is 14.9 Å². The summed E-state index contributed by atoms with van der Waals surface area (Å²) >= 11 is 0. The van der Waals surface area contributed by atoms with Gasteiger partial charge in [0.15, 0.2) is 0 Å². The lowest BCUT2D eigenvalue weighted by Gasteiger charge is -2.15. The summed E-state index contributed by atoms with van der Waals surface area (Å²) in [6, 6.07) is 4.40. The Morgan fingerprint density at radius 2 is 2.24 bits per heavy atom. The Kier molecular flexibility index (Phi) is 4.17. The molecular weight excluding hydrogens is 224 g/mol. The van der Waals surface area contributed by atoms with Crippen molar-refractivity contribution in [3.63, 3.8) is 0 Å². The van der Waals surface area contributed by atoms with Crippen LogP contribution in [0.2, 0.25) is 0 Å². The van der Waals surface area contributed by atoms with Crippen molar-refractivity contribution >= 4 is 11.7 Å². The van der Waals surface area contributed by atoms with Crippen molar-refractivity contribution in [1.29, 1.82) is 0 Å². The molecule has 0 radical (unpaired) electrons. The van der Waals surface area contributed by atoms with E-state index in [-0.39, 0.29) is 18.7 Å². The number of rotatable bonds is 5. The van der Waals surface area contributed by atoms with Crippen molar-refractivity contribution in [3.8, 4) is 0 Å². The van der Waals surface area contributed by atoms with E-state index in [1.54, 1.807) is 13.0 Å². The van der Waals surface area contributed by atoms with Crippen LogP contribution in [0.15, 0.2) is 18.2 Å². The summed E-state index contributed by atoms with van der Waals surface area (Å²) in [7, 11) is 0. The fraction of sp³-hybridized carbons (Fsp3) is 0.364. The highest BCUT2D eigenvalue weighted by Crippen LogP contribution is 2.26. The number of benzene rings is 1. The Hall–Kier alpha value is -1.95. The number of nitro groups is 1. The van der Waals surface area contributed by atoms with Gasteiger partial charge in [-0.15, -0.1) is 0 Å². The van der Waals surface area contributed by atoms with Gasteiger partial charge in [0.2, 0.25) is 0 Å². The number of hydrogen-bond donors (Lipinski definition) is 2. The third-order valence-corrected chi connectivity index (χ3v) is 2.62. The molecule has 3 N–H and O–H groups in total. The summed E-state index contributed by atoms with van der Waals surface area (Å²) in [5.41, 5.74) is 6.91. The number of aryl methyl sites for hydroxylation is 1. The highest BCUT2D eigenvalue weighted by atomic mass is 16.6. The Balaban J connectivity index is 3.12. The molecule has 92 valence electrons. The van der Waals surface area contributed by atoms with E-state index in [1.165, 1.54) is 12.1 Å². The van der Waals surface area contributed by atoms with Gasteiger partial charge in [-0.3, -0.25) is 14.9 Å². The van der Waals surface area contributed by atoms with E-state index in [1.807, 2.05) is 0 Å². The topological polar surface area (TPSA) is 106 Å². The molecule has 1 aromatic rings. The number of carboxylic acids is 1. The predicted octanol–water partition coefficient (Wildman–Crippen LogP) is 1.42. The van der Waals surface area contributed by atoms with Crippen LogP contribution in [0.3, 0.4) is 0 Å². The zero-order chi connectivity index (χ0) is 13.0. The SMILES string of the molecule is Cc1ccc([N+](=O)[O-])cc1C(CN)CC(=O)O. The Labute approximate surface area is 98.2 Å². The molecule has 1 unspecified atom stereocenters. The highest BCUT2D eigenvalue weighted by Gasteiger charge is 2.18. The number of hydrogen-bond acceptors (Lipinski definition) is 4. The van der Waals surface area contributed by atoms with Crippen LogP contribution in [0.5, 0.6) is 0 Å². The first-order valence-corrected chi connectivity index (χ1v) is 5.12. The number of nitro benzene ring substituents is 1. The molecule has 0 aliphatic heterocycles. The monoisotopic (exact) mass is 238 g/mol. The first kappa shape index (κ1) is 13.1. The van der Waals surface area contributed by atoms with Crippen molar-refractivity contribution in [2.24, 2.45) is 5.73 Å². The van der Waals surface area contributed by atoms with Crippen molar-refractivity contribution in [2.45, 2.75) is 19.3 Å². The first-order valence-electron chi connectivity index (χ1n) is 5.12. The molecule has 1 aromatic carbocycles. The van der Waals surface area contributed by atoms with Crippen molar-refractivity contribution in [1.82, 2.24) is 0 Å². The molecule has 0 aliphatic carbocycles. The van der Waals surface area contributed by atoms with Gasteiger partial charge in [0, 0.05) is 18.1 Å². The molecule has 0 aliphatic rings. The van der Waals surface area contributed by atoms with Gasteiger partial charge in [0.25, 0.3) is 5.69 Å². The molecule has 1 atom stereocenters. The van der Waals surface area contributed by atoms with Crippen molar-refractivity contribution < 1.29 is 14.8 Å². The Morgan fingerprint density at radius 1 is 1.59 bits per heavy atom. The van der Waals surface area contributed by atoms with Crippen LogP contribution in [0.4, 0.5) is 5.69 Å². The Bertz CT molecular complexity index is 445. The van der Waals surface area contributed by atoms with E-state index in [4.69, 9.17) is 10.8 Å². The van der Waals surface area contributed by atoms with Crippen LogP contribution >= 0.6 is 0 Å². The minimum atomic E-state index is -0.966. The molecule has 0 spiro atoms. The highest BCUT2D eigenvalue weighted by molar-refractivity contribution is 5.68. The van der Waals surface area contributed by atoms with Crippen molar-refractivity contribution in [2.75, 3.05) is 6.54 Å². The number of nitrogens with two attached hydrogens (primary N) is 1. The maximum atomic E-state index is 10.7. The molecule has 0 saturated carbocycles. The number of aliphatic carboxylic acids is 1. The van der Waals surface area contributed by atoms with E-state index < -0.39 is 16.8 Å². The normalized spacial score (nSPS) is 12.1. The van der Waals surface area contributed by atoms with Gasteiger partial charge < -0.3 is 10.8 Å². The minimum Gasteiger partial charge on any atom is -0.481 e. The van der Waals surface area contributed by atoms with Crippen LogP contribution in [0.1, 0.15) is 23.5 Å². The minimum absolute atomic E-state index is 0.0468. The summed E-state index contributed by atoms with van der Waals surface area (Å²) in [5, 5.41) is 19.4. The van der Waals surface area contributed by atoms with Crippen LogP contribution in [-0.4, -0.2) is 22.5 Å². The largest absolute Gasteiger partial charge is 0.481 e. The van der Waals surface area contributed by atoms with Crippen molar-refractivity contribution in [3.05, 3.63) is 39.4 Å². The van der Waals surface area contributed by atoms with E-state index in [2.05, 4.69) is 0 Å². The lowest BCUT2D eigenvalue weighted by atomic mass is 9.92. The smallest absolute Gasteiger partial charge is 0.304 e. The first-order chi connectivity index (χ1) is 7.95. The molecule has 0 fully saturated rings. The number of non-ortho nitro benzene ring substituents is 1. The fourth-order valence-corrected chi connectivity index (χ4v) is 1.71. The molecule has 0 bridgehead atoms. The van der Waals surface area contributed by atoms with E-state index >= 15 is 0 Å². The second-order valence-electron chi connectivity index (χ2n) is 3.83. The molecule has 0 heterocycles. The van der Waals surface area contributed by atoms with Gasteiger partial charge in [0.05, 0.1) is 11.3 Å². The zero-order valence-corrected chi connectivity index (χ0v) is 9.42. The lowest BCUT2D eigenvalue weighted by Crippen LogP contribution is -2.17. The number of carboxylic acid groups (broad SMARTS) is 1. The van der Waals surface area contributed by atoms with Gasteiger partial charge in [-0.2, -0.15) is 0 Å². The third-order valence-electron chi connectivity index (χ3n) is 2.62. The lowest BCUT2D eigenvalue weighted by molar-refractivity contribution is -0.384. The van der Waals surface area contributed by atoms with Gasteiger partial charge in [0.1, 0.15) is 0 Å². The molecule has 0 amide bonds. The quantitative estimate of drug-likeness (QED) is 0.596. The molecule has 6 nitrogen and oxygen atoms in total. The van der Waals surface area contributed by atoms with Crippen LogP contribution < -0.4 is 5.73 Å². The average Bonchev–Trinajstić information content (AvgIpc) is 2.26. The molecule has 17 heavy (non-hydrogen) atoms. The summed E-state index contributed by atoms with van der Waals surface area (Å²) in [6.45, 7) is 1.93. The molecule has 0 aromatic heterocycles. The van der Waals surface area contributed by atoms with Gasteiger partial charge >= 0.3 is 5.97 Å². The number of nitrogens with zero attached hydrogens (tertiary/aromatic N) is 1. The zero-order valence-electron chi connectivity index (χ0n) is 9.42. The molecular formula is C11H14N2O4. The second kappa shape index (κ2) is 5.40. The van der Waals surface area contributed by atoms with E-state index in [0.717, 1.165) is 5.56 Å². The summed E-state index contributed by atoms with van der Waals surface area (Å²) in [6.07, 6.45) is -0.126. The molecule has 0 saturated heterocycles. The van der Waals surface area contributed by atoms with Crippen LogP contribution in [0.25, 0.3) is 0 Å². The van der Waals surface area contributed by atoms with Gasteiger partial charge in [-0.05, 0) is 24.6 Å². The summed E-state index contributed by atoms with van der Waals surface area (Å²) < 4.78 is 0. The molecule has 1 rings (SSSR count). The van der Waals surface area contributed by atoms with Crippen LogP contribution in [-0.2, 0) is 4.79 Å². The molecule has 6 heteroatoms. The van der Waals surface area contributed by atoms with Crippen LogP contribution in [0, 0.1) is 17.0 Å². The van der Waals surface area contributed by atoms with Gasteiger partial charge in [-0.25, -0.2) is 0 Å². The average molecular weight is 238 g/mol. The maximum absolute atomic E-state index is 10.7. The Morgan fingerprint density at radius 3 is 2.71 bits per heavy atom. The van der Waals surface area contributed by atoms with Gasteiger partial charge in [-0.1, -0.05) is 6.07 Å². The van der Waals surface area contributed by atoms with E-state index in [0.29, 0.717) is 5.56 Å². The third kappa shape index (κ3) is 3.25. The predicted molar refractivity (Wildman–Crippen MR) is 61.9 cm³/mol. The summed E-state index contributed by atoms with van der Waals surface area (Å²) in [4.78, 5) is 20.8.